The van der Waals surface area contributed by atoms with Gasteiger partial charge in [-0.25, -0.2) is 0 Å². The minimum Gasteiger partial charge on any atom is -0.489 e. The van der Waals surface area contributed by atoms with Crippen LogP contribution >= 0.6 is 0 Å². The van der Waals surface area contributed by atoms with E-state index in [1.54, 1.807) is 12.1 Å². The highest BCUT2D eigenvalue weighted by Gasteiger charge is 2.07. The molecule has 0 N–H and O–H groups in total. The smallest absolute Gasteiger partial charge is 0.269 e. The molecule has 4 rings (SSSR count). The van der Waals surface area contributed by atoms with E-state index in [1.165, 1.54) is 12.1 Å². The molecule has 0 aliphatic carbocycles. The first-order valence-electron chi connectivity index (χ1n) is 9.68. The lowest BCUT2D eigenvalue weighted by Crippen LogP contribution is -1.98. The van der Waals surface area contributed by atoms with E-state index < -0.39 is 0 Å². The second-order valence-electron chi connectivity index (χ2n) is 6.36. The summed E-state index contributed by atoms with van der Waals surface area (Å²) in [5, 5.41) is 11.9. The maximum absolute atomic E-state index is 10.8. The number of fused-ring (bicyclic) bond motifs is 1. The van der Waals surface area contributed by atoms with Crippen molar-refractivity contribution in [1.29, 1.82) is 0 Å². The first-order valence-corrected chi connectivity index (χ1v) is 9.68. The predicted molar refractivity (Wildman–Crippen MR) is 116 cm³/mol. The number of aromatic nitrogens is 1. The summed E-state index contributed by atoms with van der Waals surface area (Å²) in [6.07, 6.45) is 2.02. The normalized spacial score (nSPS) is 10.3. The standard InChI is InChI=1S/C22H18N2O3.C2H6/c25-24(26)20-8-6-17(7-9-20)15-23-13-12-19-14-21(10-11-22(19)23)27-16-18-4-2-1-3-5-18;1-2/h1-14H,15-16H2;1-2H3. The molecule has 0 spiro atoms. The molecule has 0 unspecified atom stereocenters. The van der Waals surface area contributed by atoms with Gasteiger partial charge < -0.3 is 9.30 Å². The summed E-state index contributed by atoms with van der Waals surface area (Å²) >= 11 is 0. The topological polar surface area (TPSA) is 57.3 Å². The predicted octanol–water partition coefficient (Wildman–Crippen LogP) is 6.20. The van der Waals surface area contributed by atoms with Crippen LogP contribution in [0.2, 0.25) is 0 Å². The van der Waals surface area contributed by atoms with Gasteiger partial charge in [0.05, 0.1) is 4.92 Å². The Morgan fingerprint density at radius 3 is 2.31 bits per heavy atom. The van der Waals surface area contributed by atoms with Crippen LogP contribution in [-0.2, 0) is 13.2 Å². The highest BCUT2D eigenvalue weighted by Crippen LogP contribution is 2.24. The molecule has 0 bridgehead atoms. The maximum Gasteiger partial charge on any atom is 0.269 e. The van der Waals surface area contributed by atoms with Crippen molar-refractivity contribution in [2.45, 2.75) is 27.0 Å². The molecule has 0 saturated carbocycles. The van der Waals surface area contributed by atoms with Crippen LogP contribution < -0.4 is 4.74 Å². The largest absolute Gasteiger partial charge is 0.489 e. The third-order valence-electron chi connectivity index (χ3n) is 4.49. The Bertz CT molecular complexity index is 1070. The van der Waals surface area contributed by atoms with Crippen molar-refractivity contribution >= 4 is 16.6 Å². The Balaban J connectivity index is 0.00000117. The molecule has 0 aliphatic heterocycles. The van der Waals surface area contributed by atoms with Crippen molar-refractivity contribution in [3.05, 3.63) is 106 Å². The van der Waals surface area contributed by atoms with E-state index in [2.05, 4.69) is 10.6 Å². The molecule has 3 aromatic carbocycles. The zero-order valence-electron chi connectivity index (χ0n) is 16.6. The first-order chi connectivity index (χ1) is 14.2. The third-order valence-corrected chi connectivity index (χ3v) is 4.49. The van der Waals surface area contributed by atoms with E-state index in [-0.39, 0.29) is 10.6 Å². The van der Waals surface area contributed by atoms with Gasteiger partial charge in [-0.2, -0.15) is 0 Å². The van der Waals surface area contributed by atoms with Gasteiger partial charge in [-0.15, -0.1) is 0 Å². The number of ether oxygens (including phenoxy) is 1. The van der Waals surface area contributed by atoms with Crippen LogP contribution in [0.25, 0.3) is 10.9 Å². The fourth-order valence-electron chi connectivity index (χ4n) is 3.07. The van der Waals surface area contributed by atoms with Crippen molar-refractivity contribution in [1.82, 2.24) is 4.57 Å². The zero-order chi connectivity index (χ0) is 20.6. The highest BCUT2D eigenvalue weighted by atomic mass is 16.6. The molecule has 4 aromatic rings. The second kappa shape index (κ2) is 9.55. The molecule has 148 valence electrons. The number of hydrogen-bond donors (Lipinski definition) is 0. The van der Waals surface area contributed by atoms with Gasteiger partial charge in [-0.05, 0) is 35.4 Å². The molecule has 29 heavy (non-hydrogen) atoms. The first kappa shape index (κ1) is 20.1. The van der Waals surface area contributed by atoms with E-state index in [9.17, 15) is 10.1 Å². The van der Waals surface area contributed by atoms with Crippen LogP contribution in [-0.4, -0.2) is 9.49 Å². The van der Waals surface area contributed by atoms with E-state index in [1.807, 2.05) is 68.6 Å². The monoisotopic (exact) mass is 388 g/mol. The molecule has 1 aromatic heterocycles. The second-order valence-corrected chi connectivity index (χ2v) is 6.36. The van der Waals surface area contributed by atoms with Gasteiger partial charge in [0.2, 0.25) is 0 Å². The van der Waals surface area contributed by atoms with Gasteiger partial charge in [0.15, 0.2) is 0 Å². The third kappa shape index (κ3) is 5.02. The molecule has 0 amide bonds. The summed E-state index contributed by atoms with van der Waals surface area (Å²) in [7, 11) is 0. The van der Waals surface area contributed by atoms with Crippen LogP contribution in [0.4, 0.5) is 5.69 Å². The van der Waals surface area contributed by atoms with Crippen molar-refractivity contribution in [3.63, 3.8) is 0 Å². The molecule has 5 heteroatoms. The molecule has 0 fully saturated rings. The number of nitrogens with zero attached hydrogens (tertiary/aromatic N) is 2. The number of non-ortho nitro benzene ring substituents is 1. The fourth-order valence-corrected chi connectivity index (χ4v) is 3.07. The van der Waals surface area contributed by atoms with Crippen LogP contribution in [0, 0.1) is 10.1 Å². The molecular formula is C24H24N2O3. The van der Waals surface area contributed by atoms with Crippen LogP contribution in [0.1, 0.15) is 25.0 Å². The van der Waals surface area contributed by atoms with Gasteiger partial charge >= 0.3 is 0 Å². The van der Waals surface area contributed by atoms with Crippen LogP contribution in [0.15, 0.2) is 85.1 Å². The fraction of sp³-hybridized carbons (Fsp3) is 0.167. The van der Waals surface area contributed by atoms with Crippen molar-refractivity contribution in [3.8, 4) is 5.75 Å². The Morgan fingerprint density at radius 2 is 1.62 bits per heavy atom. The Kier molecular flexibility index (Phi) is 6.63. The number of hydrogen-bond acceptors (Lipinski definition) is 3. The van der Waals surface area contributed by atoms with Crippen molar-refractivity contribution in [2.24, 2.45) is 0 Å². The molecule has 0 radical (unpaired) electrons. The summed E-state index contributed by atoms with van der Waals surface area (Å²) in [4.78, 5) is 10.4. The quantitative estimate of drug-likeness (QED) is 0.292. The minimum atomic E-state index is -0.383. The van der Waals surface area contributed by atoms with E-state index in [4.69, 9.17) is 4.74 Å². The van der Waals surface area contributed by atoms with Gasteiger partial charge in [0.1, 0.15) is 12.4 Å². The molecule has 0 atom stereocenters. The van der Waals surface area contributed by atoms with Gasteiger partial charge in [-0.3, -0.25) is 10.1 Å². The molecule has 0 aliphatic rings. The molecule has 0 saturated heterocycles. The lowest BCUT2D eigenvalue weighted by atomic mass is 10.2. The number of nitro groups is 1. The van der Waals surface area contributed by atoms with Gasteiger partial charge in [0, 0.05) is 35.8 Å². The molecular weight excluding hydrogens is 364 g/mol. The SMILES string of the molecule is CC.O=[N+]([O-])c1ccc(Cn2ccc3cc(OCc4ccccc4)ccc32)cc1. The Morgan fingerprint density at radius 1 is 0.897 bits per heavy atom. The number of benzene rings is 3. The number of rotatable bonds is 6. The van der Waals surface area contributed by atoms with Crippen molar-refractivity contribution < 1.29 is 9.66 Å². The molecule has 5 nitrogen and oxygen atoms in total. The summed E-state index contributed by atoms with van der Waals surface area (Å²) in [6.45, 7) is 5.20. The van der Waals surface area contributed by atoms with E-state index >= 15 is 0 Å². The van der Waals surface area contributed by atoms with Crippen LogP contribution in [0.5, 0.6) is 5.75 Å². The average Bonchev–Trinajstić information content (AvgIpc) is 3.17. The van der Waals surface area contributed by atoms with E-state index in [0.29, 0.717) is 13.2 Å². The van der Waals surface area contributed by atoms with Crippen LogP contribution in [0.3, 0.4) is 0 Å². The van der Waals surface area contributed by atoms with E-state index in [0.717, 1.165) is 27.8 Å². The average molecular weight is 388 g/mol. The highest BCUT2D eigenvalue weighted by molar-refractivity contribution is 5.81. The summed E-state index contributed by atoms with van der Waals surface area (Å²) < 4.78 is 8.01. The van der Waals surface area contributed by atoms with Gasteiger partial charge in [0.25, 0.3) is 5.69 Å². The molecule has 1 heterocycles. The number of nitro benzene ring substituents is 1. The van der Waals surface area contributed by atoms with Crippen molar-refractivity contribution in [2.75, 3.05) is 0 Å². The lowest BCUT2D eigenvalue weighted by molar-refractivity contribution is -0.384. The Hall–Kier alpha value is -3.60. The summed E-state index contributed by atoms with van der Waals surface area (Å²) in [5.74, 6) is 0.833. The lowest BCUT2D eigenvalue weighted by Gasteiger charge is -2.08. The summed E-state index contributed by atoms with van der Waals surface area (Å²) in [6, 6.07) is 24.8. The maximum atomic E-state index is 10.8. The zero-order valence-corrected chi connectivity index (χ0v) is 16.6. The Labute approximate surface area is 170 Å². The summed E-state index contributed by atoms with van der Waals surface area (Å²) in [5.41, 5.74) is 3.35. The van der Waals surface area contributed by atoms with Gasteiger partial charge in [-0.1, -0.05) is 56.3 Å². The minimum absolute atomic E-state index is 0.108.